The van der Waals surface area contributed by atoms with Crippen LogP contribution in [-0.4, -0.2) is 34.8 Å². The molecule has 1 heterocycles. The molecule has 2 amide bonds. The number of rotatable bonds is 6. The highest BCUT2D eigenvalue weighted by Crippen LogP contribution is 2.32. The van der Waals surface area contributed by atoms with E-state index in [9.17, 15) is 9.90 Å². The third-order valence-electron chi connectivity index (χ3n) is 5.08. The molecule has 128 valence electrons. The van der Waals surface area contributed by atoms with Gasteiger partial charge in [-0.25, -0.2) is 4.79 Å². The minimum atomic E-state index is -0.537. The molecule has 1 aromatic rings. The van der Waals surface area contributed by atoms with Crippen molar-refractivity contribution in [3.8, 4) is 0 Å². The number of amides is 2. The van der Waals surface area contributed by atoms with E-state index in [-0.39, 0.29) is 18.6 Å². The molecule has 0 saturated heterocycles. The van der Waals surface area contributed by atoms with E-state index in [1.807, 2.05) is 19.1 Å². The van der Waals surface area contributed by atoms with E-state index in [0.29, 0.717) is 12.5 Å². The van der Waals surface area contributed by atoms with Crippen molar-refractivity contribution in [1.82, 2.24) is 15.6 Å². The van der Waals surface area contributed by atoms with E-state index in [4.69, 9.17) is 0 Å². The highest BCUT2D eigenvalue weighted by atomic mass is 16.3. The number of urea groups is 1. The molecule has 5 heteroatoms. The number of carbonyl (C=O) groups is 1. The second-order valence-electron chi connectivity index (χ2n) is 6.93. The van der Waals surface area contributed by atoms with Crippen molar-refractivity contribution >= 4 is 6.03 Å². The van der Waals surface area contributed by atoms with Crippen molar-refractivity contribution in [3.63, 3.8) is 0 Å². The molecule has 0 bridgehead atoms. The van der Waals surface area contributed by atoms with Crippen LogP contribution < -0.4 is 10.6 Å². The zero-order valence-electron chi connectivity index (χ0n) is 14.2. The summed E-state index contributed by atoms with van der Waals surface area (Å²) >= 11 is 0. The lowest BCUT2D eigenvalue weighted by molar-refractivity contribution is 0.101. The summed E-state index contributed by atoms with van der Waals surface area (Å²) in [4.78, 5) is 16.3. The van der Waals surface area contributed by atoms with Crippen molar-refractivity contribution in [2.45, 2.75) is 57.4 Å². The zero-order chi connectivity index (χ0) is 16.7. The number of aliphatic hydroxyl groups is 1. The Balaban J connectivity index is 1.85. The summed E-state index contributed by atoms with van der Waals surface area (Å²) in [5.41, 5.74) is 0.613. The number of carbonyl (C=O) groups excluding carboxylic acids is 1. The first kappa shape index (κ1) is 17.7. The number of aromatic nitrogens is 1. The molecule has 1 saturated carbocycles. The zero-order valence-corrected chi connectivity index (χ0v) is 14.2. The van der Waals surface area contributed by atoms with Gasteiger partial charge < -0.3 is 15.7 Å². The molecule has 1 fully saturated rings. The van der Waals surface area contributed by atoms with Gasteiger partial charge in [-0.3, -0.25) is 4.98 Å². The van der Waals surface area contributed by atoms with E-state index in [1.165, 1.54) is 19.3 Å². The number of nitrogens with one attached hydrogen (secondary N) is 2. The average Bonchev–Trinajstić information content (AvgIpc) is 2.61. The third-order valence-corrected chi connectivity index (χ3v) is 5.08. The summed E-state index contributed by atoms with van der Waals surface area (Å²) in [6.07, 6.45) is 9.30. The minimum absolute atomic E-state index is 0.0228. The molecule has 23 heavy (non-hydrogen) atoms. The lowest BCUT2D eigenvalue weighted by atomic mass is 9.76. The maximum Gasteiger partial charge on any atom is 0.315 e. The van der Waals surface area contributed by atoms with Gasteiger partial charge in [0, 0.05) is 18.9 Å². The standard InChI is InChI=1S/C18H29N3O2/c1-14(15-8-10-19-11-9-15)12-20-17(23)21-18(2,13-22)16-6-4-3-5-7-16/h8-11,14,16,22H,3-7,12-13H2,1-2H3,(H2,20,21,23)/t14-,18-/m1/s1. The van der Waals surface area contributed by atoms with Gasteiger partial charge in [0.05, 0.1) is 12.1 Å². The molecule has 0 unspecified atom stereocenters. The van der Waals surface area contributed by atoms with Crippen LogP contribution in [-0.2, 0) is 0 Å². The number of pyridine rings is 1. The molecule has 2 rings (SSSR count). The molecule has 1 aliphatic carbocycles. The van der Waals surface area contributed by atoms with Crippen LogP contribution in [0.1, 0.15) is 57.4 Å². The van der Waals surface area contributed by atoms with E-state index in [0.717, 1.165) is 18.4 Å². The fraction of sp³-hybridized carbons (Fsp3) is 0.667. The van der Waals surface area contributed by atoms with Gasteiger partial charge in [-0.2, -0.15) is 0 Å². The van der Waals surface area contributed by atoms with Crippen LogP contribution in [0.3, 0.4) is 0 Å². The smallest absolute Gasteiger partial charge is 0.315 e. The van der Waals surface area contributed by atoms with Crippen LogP contribution in [0.4, 0.5) is 4.79 Å². The highest BCUT2D eigenvalue weighted by molar-refractivity contribution is 5.74. The first-order valence-corrected chi connectivity index (χ1v) is 8.62. The normalized spacial score (nSPS) is 19.6. The quantitative estimate of drug-likeness (QED) is 0.755. The summed E-state index contributed by atoms with van der Waals surface area (Å²) in [5.74, 6) is 0.573. The molecular weight excluding hydrogens is 290 g/mol. The maximum absolute atomic E-state index is 12.3. The number of aliphatic hydroxyl groups excluding tert-OH is 1. The lowest BCUT2D eigenvalue weighted by Crippen LogP contribution is -2.57. The maximum atomic E-state index is 12.3. The fourth-order valence-corrected chi connectivity index (χ4v) is 3.37. The van der Waals surface area contributed by atoms with Gasteiger partial charge in [-0.15, -0.1) is 0 Å². The monoisotopic (exact) mass is 319 g/mol. The summed E-state index contributed by atoms with van der Waals surface area (Å²) in [5, 5.41) is 15.7. The van der Waals surface area contributed by atoms with Gasteiger partial charge in [-0.1, -0.05) is 26.2 Å². The Labute approximate surface area is 138 Å². The fourth-order valence-electron chi connectivity index (χ4n) is 3.37. The number of nitrogens with zero attached hydrogens (tertiary/aromatic N) is 1. The molecule has 3 N–H and O–H groups in total. The van der Waals surface area contributed by atoms with Crippen molar-refractivity contribution in [3.05, 3.63) is 30.1 Å². The first-order valence-electron chi connectivity index (χ1n) is 8.62. The van der Waals surface area contributed by atoms with Gasteiger partial charge in [0.1, 0.15) is 0 Å². The molecule has 5 nitrogen and oxygen atoms in total. The van der Waals surface area contributed by atoms with Gasteiger partial charge in [0.2, 0.25) is 0 Å². The van der Waals surface area contributed by atoms with Crippen LogP contribution in [0.5, 0.6) is 0 Å². The summed E-state index contributed by atoms with van der Waals surface area (Å²) in [6.45, 7) is 4.56. The van der Waals surface area contributed by atoms with E-state index in [2.05, 4.69) is 22.5 Å². The number of hydrogen-bond acceptors (Lipinski definition) is 3. The van der Waals surface area contributed by atoms with Crippen LogP contribution in [0.25, 0.3) is 0 Å². The molecular formula is C18H29N3O2. The average molecular weight is 319 g/mol. The lowest BCUT2D eigenvalue weighted by Gasteiger charge is -2.39. The Bertz CT molecular complexity index is 488. The topological polar surface area (TPSA) is 74.2 Å². The Morgan fingerprint density at radius 2 is 2.00 bits per heavy atom. The largest absolute Gasteiger partial charge is 0.394 e. The van der Waals surface area contributed by atoms with Crippen LogP contribution in [0, 0.1) is 5.92 Å². The van der Waals surface area contributed by atoms with E-state index < -0.39 is 5.54 Å². The Kier molecular flexibility index (Phi) is 6.39. The summed E-state index contributed by atoms with van der Waals surface area (Å²) in [6, 6.07) is 3.72. The van der Waals surface area contributed by atoms with E-state index >= 15 is 0 Å². The Morgan fingerprint density at radius 1 is 1.35 bits per heavy atom. The highest BCUT2D eigenvalue weighted by Gasteiger charge is 2.35. The Hall–Kier alpha value is -1.62. The van der Waals surface area contributed by atoms with Gasteiger partial charge >= 0.3 is 6.03 Å². The molecule has 1 aliphatic rings. The second-order valence-corrected chi connectivity index (χ2v) is 6.93. The van der Waals surface area contributed by atoms with Crippen molar-refractivity contribution < 1.29 is 9.90 Å². The summed E-state index contributed by atoms with van der Waals surface area (Å²) < 4.78 is 0. The van der Waals surface area contributed by atoms with Crippen LogP contribution in [0.2, 0.25) is 0 Å². The summed E-state index contributed by atoms with van der Waals surface area (Å²) in [7, 11) is 0. The van der Waals surface area contributed by atoms with Gasteiger partial charge in [-0.05, 0) is 49.3 Å². The van der Waals surface area contributed by atoms with Crippen molar-refractivity contribution in [1.29, 1.82) is 0 Å². The van der Waals surface area contributed by atoms with Crippen molar-refractivity contribution in [2.24, 2.45) is 5.92 Å². The molecule has 2 atom stereocenters. The van der Waals surface area contributed by atoms with E-state index in [1.54, 1.807) is 12.4 Å². The van der Waals surface area contributed by atoms with Gasteiger partial charge in [0.25, 0.3) is 0 Å². The first-order chi connectivity index (χ1) is 11.0. The Morgan fingerprint density at radius 3 is 2.61 bits per heavy atom. The SMILES string of the molecule is C[C@H](CNC(=O)N[C@](C)(CO)C1CCCCC1)c1ccncc1. The number of hydrogen-bond donors (Lipinski definition) is 3. The molecule has 0 spiro atoms. The molecule has 0 aliphatic heterocycles. The molecule has 1 aromatic heterocycles. The predicted molar refractivity (Wildman–Crippen MR) is 91.3 cm³/mol. The van der Waals surface area contributed by atoms with Crippen LogP contribution in [0.15, 0.2) is 24.5 Å². The second kappa shape index (κ2) is 8.29. The predicted octanol–water partition coefficient (Wildman–Crippen LogP) is 2.82. The third kappa shape index (κ3) is 4.93. The van der Waals surface area contributed by atoms with Crippen LogP contribution >= 0.6 is 0 Å². The minimum Gasteiger partial charge on any atom is -0.394 e. The molecule has 0 aromatic carbocycles. The van der Waals surface area contributed by atoms with Crippen molar-refractivity contribution in [2.75, 3.05) is 13.2 Å². The van der Waals surface area contributed by atoms with Gasteiger partial charge in [0.15, 0.2) is 0 Å². The molecule has 0 radical (unpaired) electrons.